The molecule has 5 nitrogen and oxygen atoms in total. The van der Waals surface area contributed by atoms with Gasteiger partial charge < -0.3 is 9.64 Å². The monoisotopic (exact) mass is 403 g/mol. The van der Waals surface area contributed by atoms with Crippen molar-refractivity contribution in [3.8, 4) is 0 Å². The molecular weight excluding hydrogens is 380 g/mol. The van der Waals surface area contributed by atoms with Crippen molar-refractivity contribution >= 4 is 26.0 Å². The van der Waals surface area contributed by atoms with Crippen LogP contribution >= 0.6 is 15.9 Å². The number of quaternary nitrogens is 1. The van der Waals surface area contributed by atoms with E-state index in [4.69, 9.17) is 4.74 Å². The van der Waals surface area contributed by atoms with Crippen molar-refractivity contribution in [3.63, 3.8) is 0 Å². The molecule has 23 heavy (non-hydrogen) atoms. The molecule has 7 heteroatoms. The van der Waals surface area contributed by atoms with E-state index >= 15 is 0 Å². The first kappa shape index (κ1) is 17.4. The van der Waals surface area contributed by atoms with Gasteiger partial charge in [-0.05, 0) is 43.5 Å². The molecule has 1 atom stereocenters. The molecule has 2 fully saturated rings. The third kappa shape index (κ3) is 4.33. The van der Waals surface area contributed by atoms with E-state index in [9.17, 15) is 8.42 Å². The third-order valence-corrected chi connectivity index (χ3v) is 7.11. The van der Waals surface area contributed by atoms with E-state index in [0.717, 1.165) is 37.1 Å². The number of hydrogen-bond acceptors (Lipinski definition) is 3. The standard InChI is InChI=1S/C16H23BrN2O3S/c17-14-4-6-16(7-5-14)23(20,21)19-10-8-18(9-11-19)13-15-3-1-2-12-22-15/h4-7,15H,1-3,8-13H2/p+1/t15-/m0/s1. The van der Waals surface area contributed by atoms with Gasteiger partial charge in [-0.3, -0.25) is 0 Å². The van der Waals surface area contributed by atoms with Crippen LogP contribution in [0.5, 0.6) is 0 Å². The Morgan fingerprint density at radius 3 is 2.48 bits per heavy atom. The molecule has 1 aromatic carbocycles. The molecule has 2 aliphatic heterocycles. The van der Waals surface area contributed by atoms with E-state index in [-0.39, 0.29) is 0 Å². The van der Waals surface area contributed by atoms with Crippen molar-refractivity contribution in [2.24, 2.45) is 0 Å². The zero-order valence-electron chi connectivity index (χ0n) is 13.2. The SMILES string of the molecule is O=S(=O)(c1ccc(Br)cc1)N1CC[NH+](C[C@@H]2CCCCO2)CC1. The van der Waals surface area contributed by atoms with Gasteiger partial charge in [-0.1, -0.05) is 15.9 Å². The Hall–Kier alpha value is -0.470. The number of benzene rings is 1. The lowest BCUT2D eigenvalue weighted by Crippen LogP contribution is -3.15. The number of rotatable bonds is 4. The van der Waals surface area contributed by atoms with Gasteiger partial charge in [-0.25, -0.2) is 8.42 Å². The summed E-state index contributed by atoms with van der Waals surface area (Å²) in [6.07, 6.45) is 3.92. The zero-order chi connectivity index (χ0) is 16.3. The summed E-state index contributed by atoms with van der Waals surface area (Å²) in [5.41, 5.74) is 0. The Bertz CT molecular complexity index is 607. The molecule has 1 aromatic rings. The van der Waals surface area contributed by atoms with Gasteiger partial charge in [0.05, 0.1) is 31.1 Å². The molecule has 0 radical (unpaired) electrons. The molecule has 2 saturated heterocycles. The fourth-order valence-corrected chi connectivity index (χ4v) is 5.00. The highest BCUT2D eigenvalue weighted by atomic mass is 79.9. The number of ether oxygens (including phenoxy) is 1. The second kappa shape index (κ2) is 7.61. The van der Waals surface area contributed by atoms with Gasteiger partial charge in [0.15, 0.2) is 0 Å². The number of nitrogens with zero attached hydrogens (tertiary/aromatic N) is 1. The van der Waals surface area contributed by atoms with Gasteiger partial charge in [-0.15, -0.1) is 0 Å². The lowest BCUT2D eigenvalue weighted by molar-refractivity contribution is -0.907. The van der Waals surface area contributed by atoms with Crippen LogP contribution in [0.25, 0.3) is 0 Å². The highest BCUT2D eigenvalue weighted by Crippen LogP contribution is 2.18. The quantitative estimate of drug-likeness (QED) is 0.812. The smallest absolute Gasteiger partial charge is 0.243 e. The number of hydrogen-bond donors (Lipinski definition) is 1. The molecule has 2 heterocycles. The van der Waals surface area contributed by atoms with Crippen LogP contribution in [-0.4, -0.2) is 58.2 Å². The normalized spacial score (nSPS) is 24.7. The molecule has 1 N–H and O–H groups in total. The van der Waals surface area contributed by atoms with Crippen molar-refractivity contribution in [2.75, 3.05) is 39.3 Å². The molecule has 0 aliphatic carbocycles. The summed E-state index contributed by atoms with van der Waals surface area (Å²) < 4.78 is 33.6. The summed E-state index contributed by atoms with van der Waals surface area (Å²) >= 11 is 3.34. The molecule has 128 valence electrons. The maximum Gasteiger partial charge on any atom is 0.243 e. The Kier molecular flexibility index (Phi) is 5.74. The lowest BCUT2D eigenvalue weighted by atomic mass is 10.1. The van der Waals surface area contributed by atoms with Gasteiger partial charge in [0.2, 0.25) is 10.0 Å². The van der Waals surface area contributed by atoms with Gasteiger partial charge in [0, 0.05) is 11.1 Å². The first-order chi connectivity index (χ1) is 11.1. The van der Waals surface area contributed by atoms with E-state index in [0.29, 0.717) is 24.1 Å². The first-order valence-electron chi connectivity index (χ1n) is 8.26. The molecule has 0 aromatic heterocycles. The van der Waals surface area contributed by atoms with E-state index < -0.39 is 10.0 Å². The topological polar surface area (TPSA) is 51.0 Å². The predicted molar refractivity (Wildman–Crippen MR) is 92.1 cm³/mol. The third-order valence-electron chi connectivity index (χ3n) is 4.67. The lowest BCUT2D eigenvalue weighted by Gasteiger charge is -2.34. The van der Waals surface area contributed by atoms with E-state index in [1.54, 1.807) is 28.6 Å². The average molecular weight is 404 g/mol. The van der Waals surface area contributed by atoms with Crippen LogP contribution in [0.2, 0.25) is 0 Å². The molecule has 0 bridgehead atoms. The molecule has 2 aliphatic rings. The maximum absolute atomic E-state index is 12.7. The van der Waals surface area contributed by atoms with Crippen LogP contribution in [0.4, 0.5) is 0 Å². The summed E-state index contributed by atoms with van der Waals surface area (Å²) in [6, 6.07) is 6.87. The number of sulfonamides is 1. The summed E-state index contributed by atoms with van der Waals surface area (Å²) in [6.45, 7) is 4.76. The van der Waals surface area contributed by atoms with Crippen molar-refractivity contribution < 1.29 is 18.1 Å². The van der Waals surface area contributed by atoms with Crippen LogP contribution in [0, 0.1) is 0 Å². The minimum atomic E-state index is -3.37. The average Bonchev–Trinajstić information content (AvgIpc) is 2.57. The maximum atomic E-state index is 12.7. The van der Waals surface area contributed by atoms with Crippen LogP contribution in [-0.2, 0) is 14.8 Å². The van der Waals surface area contributed by atoms with Crippen molar-refractivity contribution in [2.45, 2.75) is 30.3 Å². The Morgan fingerprint density at radius 1 is 1.17 bits per heavy atom. The van der Waals surface area contributed by atoms with E-state index in [1.807, 2.05) is 0 Å². The zero-order valence-corrected chi connectivity index (χ0v) is 15.6. The van der Waals surface area contributed by atoms with Crippen molar-refractivity contribution in [3.05, 3.63) is 28.7 Å². The number of piperazine rings is 1. The molecule has 0 amide bonds. The summed E-state index contributed by atoms with van der Waals surface area (Å²) in [5, 5.41) is 0. The predicted octanol–water partition coefficient (Wildman–Crippen LogP) is 0.907. The Balaban J connectivity index is 1.56. The van der Waals surface area contributed by atoms with Gasteiger partial charge in [0.25, 0.3) is 0 Å². The van der Waals surface area contributed by atoms with Crippen LogP contribution in [0.3, 0.4) is 0 Å². The Labute approximate surface area is 146 Å². The molecule has 0 spiro atoms. The minimum Gasteiger partial charge on any atom is -0.372 e. The molecule has 3 rings (SSSR count). The van der Waals surface area contributed by atoms with Crippen molar-refractivity contribution in [1.29, 1.82) is 0 Å². The van der Waals surface area contributed by atoms with Gasteiger partial charge >= 0.3 is 0 Å². The summed E-state index contributed by atoms with van der Waals surface area (Å²) in [4.78, 5) is 1.83. The summed E-state index contributed by atoms with van der Waals surface area (Å²) in [7, 11) is -3.37. The van der Waals surface area contributed by atoms with Crippen molar-refractivity contribution in [1.82, 2.24) is 4.31 Å². The number of halogens is 1. The molecular formula is C16H24BrN2O3S+. The second-order valence-electron chi connectivity index (χ2n) is 6.30. The van der Waals surface area contributed by atoms with Gasteiger partial charge in [0.1, 0.15) is 12.6 Å². The second-order valence-corrected chi connectivity index (χ2v) is 9.15. The van der Waals surface area contributed by atoms with Crippen LogP contribution in [0.1, 0.15) is 19.3 Å². The first-order valence-corrected chi connectivity index (χ1v) is 10.5. The van der Waals surface area contributed by atoms with Crippen LogP contribution < -0.4 is 4.90 Å². The highest BCUT2D eigenvalue weighted by Gasteiger charge is 2.31. The summed E-state index contributed by atoms with van der Waals surface area (Å²) in [5.74, 6) is 0. The largest absolute Gasteiger partial charge is 0.372 e. The van der Waals surface area contributed by atoms with E-state index in [1.165, 1.54) is 17.7 Å². The number of nitrogens with one attached hydrogen (secondary N) is 1. The van der Waals surface area contributed by atoms with E-state index in [2.05, 4.69) is 15.9 Å². The fourth-order valence-electron chi connectivity index (χ4n) is 3.29. The fraction of sp³-hybridized carbons (Fsp3) is 0.625. The highest BCUT2D eigenvalue weighted by molar-refractivity contribution is 9.10. The van der Waals surface area contributed by atoms with Crippen LogP contribution in [0.15, 0.2) is 33.6 Å². The molecule has 0 unspecified atom stereocenters. The Morgan fingerprint density at radius 2 is 1.87 bits per heavy atom. The minimum absolute atomic E-state index is 0.355. The van der Waals surface area contributed by atoms with Gasteiger partial charge in [-0.2, -0.15) is 4.31 Å². The molecule has 0 saturated carbocycles.